The van der Waals surface area contributed by atoms with E-state index in [4.69, 9.17) is 16.3 Å². The van der Waals surface area contributed by atoms with Crippen LogP contribution in [0.3, 0.4) is 0 Å². The van der Waals surface area contributed by atoms with E-state index in [2.05, 4.69) is 4.98 Å². The monoisotopic (exact) mass is 361 g/mol. The zero-order valence-electron chi connectivity index (χ0n) is 13.3. The van der Waals surface area contributed by atoms with E-state index in [1.54, 1.807) is 49.6 Å². The van der Waals surface area contributed by atoms with Gasteiger partial charge in [0.1, 0.15) is 10.6 Å². The molecule has 124 valence electrons. The molecule has 0 fully saturated rings. The van der Waals surface area contributed by atoms with E-state index in [0.717, 1.165) is 12.0 Å². The Bertz CT molecular complexity index is 999. The molecule has 0 aliphatic heterocycles. The van der Waals surface area contributed by atoms with E-state index in [1.165, 1.54) is 6.20 Å². The van der Waals surface area contributed by atoms with Gasteiger partial charge in [0.15, 0.2) is 0 Å². The summed E-state index contributed by atoms with van der Waals surface area (Å²) in [7, 11) is -2.20. The Morgan fingerprint density at radius 1 is 1.12 bits per heavy atom. The topological polar surface area (TPSA) is 56.3 Å². The molecule has 0 spiro atoms. The first-order chi connectivity index (χ1) is 11.5. The highest BCUT2D eigenvalue weighted by molar-refractivity contribution is 7.91. The van der Waals surface area contributed by atoms with Crippen molar-refractivity contribution in [3.8, 4) is 5.75 Å². The third-order valence-corrected chi connectivity index (χ3v) is 6.21. The molecule has 3 rings (SSSR count). The molecule has 0 aliphatic rings. The van der Waals surface area contributed by atoms with Crippen LogP contribution in [0, 0.1) is 0 Å². The highest BCUT2D eigenvalue weighted by Gasteiger charge is 2.23. The van der Waals surface area contributed by atoms with E-state index < -0.39 is 9.84 Å². The summed E-state index contributed by atoms with van der Waals surface area (Å²) in [6.45, 7) is 2.01. The molecule has 0 radical (unpaired) electrons. The molecule has 0 bridgehead atoms. The minimum Gasteiger partial charge on any atom is -0.497 e. The van der Waals surface area contributed by atoms with Crippen LogP contribution >= 0.6 is 11.6 Å². The Morgan fingerprint density at radius 2 is 1.83 bits per heavy atom. The van der Waals surface area contributed by atoms with Gasteiger partial charge >= 0.3 is 0 Å². The zero-order valence-corrected chi connectivity index (χ0v) is 14.9. The van der Waals surface area contributed by atoms with Crippen LogP contribution in [-0.2, 0) is 16.3 Å². The van der Waals surface area contributed by atoms with Gasteiger partial charge in [-0.25, -0.2) is 8.42 Å². The van der Waals surface area contributed by atoms with Crippen LogP contribution < -0.4 is 4.74 Å². The van der Waals surface area contributed by atoms with Crippen molar-refractivity contribution in [3.05, 3.63) is 59.2 Å². The largest absolute Gasteiger partial charge is 0.497 e. The quantitative estimate of drug-likeness (QED) is 0.695. The molecule has 2 aromatic carbocycles. The average molecular weight is 362 g/mol. The van der Waals surface area contributed by atoms with Gasteiger partial charge in [-0.1, -0.05) is 30.7 Å². The molecule has 1 heterocycles. The van der Waals surface area contributed by atoms with Crippen LogP contribution in [0.5, 0.6) is 5.75 Å². The van der Waals surface area contributed by atoms with Crippen molar-refractivity contribution in [2.24, 2.45) is 0 Å². The normalized spacial score (nSPS) is 11.6. The van der Waals surface area contributed by atoms with Crippen molar-refractivity contribution in [1.82, 2.24) is 4.98 Å². The molecular weight excluding hydrogens is 346 g/mol. The third kappa shape index (κ3) is 2.85. The van der Waals surface area contributed by atoms with E-state index in [9.17, 15) is 8.42 Å². The van der Waals surface area contributed by atoms with Gasteiger partial charge in [0, 0.05) is 11.6 Å². The summed E-state index contributed by atoms with van der Waals surface area (Å²) < 4.78 is 31.0. The molecule has 0 N–H and O–H groups in total. The standard InChI is InChI=1S/C18H16ClNO3S/c1-3-12-4-7-14(8-5-12)24(21,22)17-11-20-16-9-6-13(23-2)10-15(16)18(17)19/h4-11H,3H2,1-2H3. The van der Waals surface area contributed by atoms with E-state index in [1.807, 2.05) is 6.92 Å². The molecule has 0 saturated carbocycles. The minimum atomic E-state index is -3.74. The summed E-state index contributed by atoms with van der Waals surface area (Å²) in [5.41, 5.74) is 1.68. The summed E-state index contributed by atoms with van der Waals surface area (Å²) in [5.74, 6) is 0.591. The lowest BCUT2D eigenvalue weighted by Crippen LogP contribution is -2.04. The van der Waals surface area contributed by atoms with Crippen LogP contribution in [0.2, 0.25) is 5.02 Å². The Labute approximate surface area is 146 Å². The lowest BCUT2D eigenvalue weighted by atomic mass is 10.2. The van der Waals surface area contributed by atoms with Gasteiger partial charge in [0.25, 0.3) is 0 Å². The first kappa shape index (κ1) is 16.7. The number of aryl methyl sites for hydroxylation is 1. The molecule has 0 unspecified atom stereocenters. The minimum absolute atomic E-state index is 0.00540. The molecule has 4 nitrogen and oxygen atoms in total. The summed E-state index contributed by atoms with van der Waals surface area (Å²) in [6.07, 6.45) is 2.15. The maximum atomic E-state index is 12.9. The molecule has 0 amide bonds. The zero-order chi connectivity index (χ0) is 17.3. The molecule has 0 saturated heterocycles. The van der Waals surface area contributed by atoms with Crippen LogP contribution in [0.25, 0.3) is 10.9 Å². The molecule has 6 heteroatoms. The van der Waals surface area contributed by atoms with Gasteiger partial charge in [-0.2, -0.15) is 0 Å². The van der Waals surface area contributed by atoms with Crippen molar-refractivity contribution >= 4 is 32.3 Å². The van der Waals surface area contributed by atoms with Crippen LogP contribution in [0.15, 0.2) is 58.5 Å². The van der Waals surface area contributed by atoms with Gasteiger partial charge in [-0.3, -0.25) is 4.98 Å². The molecule has 1 aromatic heterocycles. The Kier molecular flexibility index (Phi) is 4.47. The number of halogens is 1. The summed E-state index contributed by atoms with van der Waals surface area (Å²) in [4.78, 5) is 4.42. The predicted octanol–water partition coefficient (Wildman–Crippen LogP) is 4.29. The summed E-state index contributed by atoms with van der Waals surface area (Å²) in [5, 5.41) is 0.695. The number of nitrogens with zero attached hydrogens (tertiary/aromatic N) is 1. The van der Waals surface area contributed by atoms with Crippen LogP contribution in [0.4, 0.5) is 0 Å². The molecule has 0 atom stereocenters. The number of hydrogen-bond acceptors (Lipinski definition) is 4. The number of ether oxygens (including phenoxy) is 1. The highest BCUT2D eigenvalue weighted by atomic mass is 35.5. The number of methoxy groups -OCH3 is 1. The molecule has 24 heavy (non-hydrogen) atoms. The second-order valence-corrected chi connectivity index (χ2v) is 7.62. The van der Waals surface area contributed by atoms with E-state index in [0.29, 0.717) is 16.7 Å². The Hall–Kier alpha value is -2.11. The van der Waals surface area contributed by atoms with Crippen molar-refractivity contribution < 1.29 is 13.2 Å². The van der Waals surface area contributed by atoms with E-state index in [-0.39, 0.29) is 14.8 Å². The van der Waals surface area contributed by atoms with Crippen molar-refractivity contribution in [2.75, 3.05) is 7.11 Å². The fourth-order valence-electron chi connectivity index (χ4n) is 2.47. The molecule has 0 aliphatic carbocycles. The average Bonchev–Trinajstić information content (AvgIpc) is 2.61. The van der Waals surface area contributed by atoms with Crippen molar-refractivity contribution in [3.63, 3.8) is 0 Å². The maximum absolute atomic E-state index is 12.9. The lowest BCUT2D eigenvalue weighted by molar-refractivity contribution is 0.415. The van der Waals surface area contributed by atoms with Gasteiger partial charge in [-0.05, 0) is 42.3 Å². The second-order valence-electron chi connectivity index (χ2n) is 5.32. The van der Waals surface area contributed by atoms with Crippen LogP contribution in [-0.4, -0.2) is 20.5 Å². The fourth-order valence-corrected chi connectivity index (χ4v) is 4.26. The number of fused-ring (bicyclic) bond motifs is 1. The van der Waals surface area contributed by atoms with E-state index >= 15 is 0 Å². The number of pyridine rings is 1. The predicted molar refractivity (Wildman–Crippen MR) is 94.6 cm³/mol. The number of hydrogen-bond donors (Lipinski definition) is 0. The van der Waals surface area contributed by atoms with Crippen molar-refractivity contribution in [1.29, 1.82) is 0 Å². The Balaban J connectivity index is 2.18. The van der Waals surface area contributed by atoms with Gasteiger partial charge < -0.3 is 4.74 Å². The number of aromatic nitrogens is 1. The summed E-state index contributed by atoms with van der Waals surface area (Å²) in [6, 6.07) is 12.0. The number of sulfone groups is 1. The number of benzene rings is 2. The van der Waals surface area contributed by atoms with Crippen molar-refractivity contribution in [2.45, 2.75) is 23.1 Å². The molecule has 3 aromatic rings. The summed E-state index contributed by atoms with van der Waals surface area (Å²) >= 11 is 6.39. The van der Waals surface area contributed by atoms with Gasteiger partial charge in [-0.15, -0.1) is 0 Å². The number of rotatable bonds is 4. The van der Waals surface area contributed by atoms with Gasteiger partial charge in [0.2, 0.25) is 9.84 Å². The first-order valence-electron chi connectivity index (χ1n) is 7.43. The maximum Gasteiger partial charge on any atom is 0.209 e. The third-order valence-electron chi connectivity index (χ3n) is 3.91. The lowest BCUT2D eigenvalue weighted by Gasteiger charge is -2.10. The van der Waals surface area contributed by atoms with Crippen LogP contribution in [0.1, 0.15) is 12.5 Å². The SMILES string of the molecule is CCc1ccc(S(=O)(=O)c2cnc3ccc(OC)cc3c2Cl)cc1. The van der Waals surface area contributed by atoms with Gasteiger partial charge in [0.05, 0.1) is 22.5 Å². The Morgan fingerprint density at radius 3 is 2.46 bits per heavy atom. The highest BCUT2D eigenvalue weighted by Crippen LogP contribution is 2.34. The molecular formula is C18H16ClNO3S. The fraction of sp³-hybridized carbons (Fsp3) is 0.167. The first-order valence-corrected chi connectivity index (χ1v) is 9.29. The smallest absolute Gasteiger partial charge is 0.209 e. The second kappa shape index (κ2) is 6.42.